The number of rotatable bonds is 0. The Kier molecular flexibility index (Phi) is 8.63. The number of hydrogen-bond donors (Lipinski definition) is 0. The first-order chi connectivity index (χ1) is 19.2. The molecule has 4 heterocycles. The number of hydrogen-bond acceptors (Lipinski definition) is 3. The van der Waals surface area contributed by atoms with Crippen molar-refractivity contribution < 1.29 is 0 Å². The number of aromatic nitrogens is 4. The van der Waals surface area contributed by atoms with Crippen molar-refractivity contribution in [3.63, 3.8) is 0 Å². The average molecular weight is 545 g/mol. The number of benzene rings is 2. The van der Waals surface area contributed by atoms with E-state index in [1.807, 2.05) is 59.8 Å². The maximum absolute atomic E-state index is 4.45. The Labute approximate surface area is 245 Å². The third-order valence-electron chi connectivity index (χ3n) is 7.17. The zero-order valence-electron chi connectivity index (χ0n) is 26.1. The molecule has 41 heavy (non-hydrogen) atoms. The lowest BCUT2D eigenvalue weighted by Gasteiger charge is -2.20. The lowest BCUT2D eigenvalue weighted by molar-refractivity contribution is 0.588. The molecular weight excluding hydrogens is 500 g/mol. The van der Waals surface area contributed by atoms with Crippen LogP contribution in [0.15, 0.2) is 104 Å². The van der Waals surface area contributed by atoms with Crippen molar-refractivity contribution in [3.8, 4) is 0 Å². The van der Waals surface area contributed by atoms with Gasteiger partial charge in [0.1, 0.15) is 0 Å². The number of para-hydroxylation sites is 1. The number of nitrogens with zero attached hydrogens (tertiary/aromatic N) is 4. The van der Waals surface area contributed by atoms with Crippen molar-refractivity contribution in [1.29, 1.82) is 0 Å². The molecule has 0 amide bonds. The summed E-state index contributed by atoms with van der Waals surface area (Å²) in [5.74, 6) is 0. The summed E-state index contributed by atoms with van der Waals surface area (Å²) >= 11 is 0. The molecule has 4 aromatic heterocycles. The predicted molar refractivity (Wildman–Crippen MR) is 175 cm³/mol. The van der Waals surface area contributed by atoms with Crippen LogP contribution in [0.4, 0.5) is 0 Å². The van der Waals surface area contributed by atoms with Crippen LogP contribution in [0.1, 0.15) is 79.0 Å². The van der Waals surface area contributed by atoms with Crippen LogP contribution in [0, 0.1) is 0 Å². The standard InChI is InChI=1S/2C13H15N.C11H14N2/c1-13(2,3)11-8-10-6-4-5-7-12(10)14-9-11;1-13(2,3)12-9-14-8-10-6-4-5-7-11(10)12;1-11(2,3)9-8-12-13-7-5-4-6-10(9)13/h2*4-9H,1-3H3;4-8H,1-3H3. The Morgan fingerprint density at radius 1 is 0.561 bits per heavy atom. The molecule has 6 rings (SSSR count). The molecule has 0 bridgehead atoms. The molecule has 4 heteroatoms. The van der Waals surface area contributed by atoms with Gasteiger partial charge in [0.05, 0.1) is 17.2 Å². The third-order valence-corrected chi connectivity index (χ3v) is 7.17. The maximum Gasteiger partial charge on any atom is 0.0702 e. The molecule has 0 saturated carbocycles. The highest BCUT2D eigenvalue weighted by Gasteiger charge is 2.18. The van der Waals surface area contributed by atoms with Gasteiger partial charge in [-0.05, 0) is 57.0 Å². The quantitative estimate of drug-likeness (QED) is 0.191. The van der Waals surface area contributed by atoms with E-state index in [-0.39, 0.29) is 16.2 Å². The van der Waals surface area contributed by atoms with E-state index in [4.69, 9.17) is 0 Å². The van der Waals surface area contributed by atoms with E-state index in [0.717, 1.165) is 5.52 Å². The third kappa shape index (κ3) is 7.38. The van der Waals surface area contributed by atoms with Crippen LogP contribution < -0.4 is 0 Å². The summed E-state index contributed by atoms with van der Waals surface area (Å²) in [7, 11) is 0. The van der Waals surface area contributed by atoms with E-state index in [1.165, 1.54) is 38.4 Å². The Morgan fingerprint density at radius 2 is 1.20 bits per heavy atom. The fourth-order valence-corrected chi connectivity index (χ4v) is 4.71. The van der Waals surface area contributed by atoms with Crippen molar-refractivity contribution in [2.24, 2.45) is 0 Å². The molecule has 0 atom stereocenters. The summed E-state index contributed by atoms with van der Waals surface area (Å²) in [6.07, 6.45) is 9.80. The Balaban J connectivity index is 0.000000142. The largest absolute Gasteiger partial charge is 0.264 e. The van der Waals surface area contributed by atoms with E-state index in [0.29, 0.717) is 0 Å². The highest BCUT2D eigenvalue weighted by atomic mass is 15.2. The van der Waals surface area contributed by atoms with Crippen LogP contribution in [0.2, 0.25) is 0 Å². The van der Waals surface area contributed by atoms with Gasteiger partial charge in [-0.3, -0.25) is 9.97 Å². The summed E-state index contributed by atoms with van der Waals surface area (Å²) in [4.78, 5) is 8.73. The topological polar surface area (TPSA) is 43.1 Å². The zero-order chi connectivity index (χ0) is 29.8. The van der Waals surface area contributed by atoms with Gasteiger partial charge in [-0.2, -0.15) is 5.10 Å². The van der Waals surface area contributed by atoms with Gasteiger partial charge in [-0.15, -0.1) is 0 Å². The zero-order valence-corrected chi connectivity index (χ0v) is 26.1. The Hall–Kier alpha value is -4.05. The number of pyridine rings is 3. The minimum absolute atomic E-state index is 0.161. The fourth-order valence-electron chi connectivity index (χ4n) is 4.71. The Bertz CT molecular complexity index is 1730. The average Bonchev–Trinajstić information content (AvgIpc) is 3.37. The van der Waals surface area contributed by atoms with Gasteiger partial charge in [-0.25, -0.2) is 4.52 Å². The van der Waals surface area contributed by atoms with Crippen molar-refractivity contribution >= 4 is 27.2 Å². The van der Waals surface area contributed by atoms with Crippen molar-refractivity contribution in [3.05, 3.63) is 120 Å². The first-order valence-corrected chi connectivity index (χ1v) is 14.4. The minimum Gasteiger partial charge on any atom is -0.264 e. The summed E-state index contributed by atoms with van der Waals surface area (Å²) < 4.78 is 1.92. The first kappa shape index (κ1) is 29.9. The van der Waals surface area contributed by atoms with Crippen LogP contribution in [0.3, 0.4) is 0 Å². The summed E-state index contributed by atoms with van der Waals surface area (Å²) in [5.41, 5.74) is 6.68. The monoisotopic (exact) mass is 544 g/mol. The normalized spacial score (nSPS) is 12.0. The minimum atomic E-state index is 0.161. The molecule has 0 saturated heterocycles. The molecule has 6 aromatic rings. The van der Waals surface area contributed by atoms with E-state index in [9.17, 15) is 0 Å². The smallest absolute Gasteiger partial charge is 0.0702 e. The molecule has 2 aromatic carbocycles. The van der Waals surface area contributed by atoms with Crippen molar-refractivity contribution in [2.45, 2.75) is 78.6 Å². The molecule has 0 N–H and O–H groups in total. The molecule has 0 aliphatic carbocycles. The van der Waals surface area contributed by atoms with Crippen LogP contribution in [-0.2, 0) is 16.2 Å². The lowest BCUT2D eigenvalue weighted by Crippen LogP contribution is -2.11. The van der Waals surface area contributed by atoms with Crippen LogP contribution >= 0.6 is 0 Å². The van der Waals surface area contributed by atoms with Crippen LogP contribution in [0.25, 0.3) is 27.2 Å². The van der Waals surface area contributed by atoms with Crippen LogP contribution in [0.5, 0.6) is 0 Å². The predicted octanol–water partition coefficient (Wildman–Crippen LogP) is 9.70. The highest BCUT2D eigenvalue weighted by molar-refractivity contribution is 5.85. The fraction of sp³-hybridized carbons (Fsp3) is 0.324. The van der Waals surface area contributed by atoms with Crippen molar-refractivity contribution in [1.82, 2.24) is 19.6 Å². The molecular formula is C37H44N4. The Morgan fingerprint density at radius 3 is 1.88 bits per heavy atom. The van der Waals surface area contributed by atoms with Gasteiger partial charge in [-0.1, -0.05) is 111 Å². The van der Waals surface area contributed by atoms with Gasteiger partial charge in [0, 0.05) is 41.1 Å². The molecule has 212 valence electrons. The molecule has 0 aliphatic heterocycles. The van der Waals surface area contributed by atoms with Gasteiger partial charge in [0.2, 0.25) is 0 Å². The first-order valence-electron chi connectivity index (χ1n) is 14.4. The summed E-state index contributed by atoms with van der Waals surface area (Å²) in [5, 5.41) is 8.06. The highest BCUT2D eigenvalue weighted by Crippen LogP contribution is 2.29. The molecule has 0 unspecified atom stereocenters. The summed E-state index contributed by atoms with van der Waals surface area (Å²) in [6, 6.07) is 25.0. The van der Waals surface area contributed by atoms with Crippen molar-refractivity contribution in [2.75, 3.05) is 0 Å². The van der Waals surface area contributed by atoms with E-state index in [2.05, 4.69) is 126 Å². The van der Waals surface area contributed by atoms with Gasteiger partial charge < -0.3 is 0 Å². The van der Waals surface area contributed by atoms with Gasteiger partial charge in [0.25, 0.3) is 0 Å². The number of fused-ring (bicyclic) bond motifs is 3. The van der Waals surface area contributed by atoms with E-state index in [1.54, 1.807) is 0 Å². The second-order valence-electron chi connectivity index (χ2n) is 13.7. The SMILES string of the molecule is CC(C)(C)c1cnc2ccccc2c1.CC(C)(C)c1cncc2ccccc12.CC(C)(C)c1cnn2ccccc12. The maximum atomic E-state index is 4.45. The summed E-state index contributed by atoms with van der Waals surface area (Å²) in [6.45, 7) is 19.9. The van der Waals surface area contributed by atoms with Crippen LogP contribution in [-0.4, -0.2) is 19.6 Å². The molecule has 0 radical (unpaired) electrons. The second-order valence-corrected chi connectivity index (χ2v) is 13.7. The second kappa shape index (κ2) is 11.8. The van der Waals surface area contributed by atoms with Gasteiger partial charge in [0.15, 0.2) is 0 Å². The molecule has 0 fully saturated rings. The van der Waals surface area contributed by atoms with E-state index < -0.39 is 0 Å². The molecule has 0 spiro atoms. The molecule has 4 nitrogen and oxygen atoms in total. The van der Waals surface area contributed by atoms with E-state index >= 15 is 0 Å². The molecule has 0 aliphatic rings. The lowest BCUT2D eigenvalue weighted by atomic mass is 9.85. The van der Waals surface area contributed by atoms with Gasteiger partial charge >= 0.3 is 0 Å².